The van der Waals surface area contributed by atoms with Gasteiger partial charge in [-0.15, -0.1) is 24.0 Å². The molecule has 1 aromatic rings. The average molecular weight is 461 g/mol. The lowest BCUT2D eigenvalue weighted by molar-refractivity contribution is -0.125. The summed E-state index contributed by atoms with van der Waals surface area (Å²) in [6, 6.07) is 4.15. The summed E-state index contributed by atoms with van der Waals surface area (Å²) in [5.41, 5.74) is 1.23. The predicted molar refractivity (Wildman–Crippen MR) is 113 cm³/mol. The van der Waals surface area contributed by atoms with E-state index >= 15 is 0 Å². The third-order valence-electron chi connectivity index (χ3n) is 4.71. The van der Waals surface area contributed by atoms with E-state index in [1.54, 1.807) is 7.05 Å². The van der Waals surface area contributed by atoms with E-state index < -0.39 is 0 Å². The first-order chi connectivity index (χ1) is 11.6. The zero-order valence-electron chi connectivity index (χ0n) is 15.6. The lowest BCUT2D eigenvalue weighted by Crippen LogP contribution is -2.43. The Morgan fingerprint density at radius 2 is 1.96 bits per heavy atom. The molecule has 0 aliphatic heterocycles. The van der Waals surface area contributed by atoms with Crippen LogP contribution in [0.15, 0.2) is 23.3 Å². The van der Waals surface area contributed by atoms with Gasteiger partial charge in [-0.25, -0.2) is 0 Å². The zero-order chi connectivity index (χ0) is 17.4. The molecule has 2 N–H and O–H groups in total. The first-order valence-electron chi connectivity index (χ1n) is 8.91. The van der Waals surface area contributed by atoms with Crippen LogP contribution in [0.25, 0.3) is 0 Å². The molecule has 0 bridgehead atoms. The molecular formula is C18H32IN5O. The Kier molecular flexibility index (Phi) is 9.92. The number of nitrogens with one attached hydrogen (secondary N) is 2. The summed E-state index contributed by atoms with van der Waals surface area (Å²) < 4.78 is 2.11. The molecular weight excluding hydrogens is 429 g/mol. The number of aliphatic imine (C=N–C) groups is 1. The van der Waals surface area contributed by atoms with Crippen molar-refractivity contribution in [2.75, 3.05) is 27.2 Å². The summed E-state index contributed by atoms with van der Waals surface area (Å²) in [7, 11) is 5.84. The first kappa shape index (κ1) is 21.8. The van der Waals surface area contributed by atoms with E-state index in [1.807, 2.05) is 26.4 Å². The minimum absolute atomic E-state index is 0. The van der Waals surface area contributed by atoms with E-state index in [1.165, 1.54) is 25.0 Å². The van der Waals surface area contributed by atoms with Crippen LogP contribution in [0.1, 0.15) is 37.8 Å². The van der Waals surface area contributed by atoms with Gasteiger partial charge in [0, 0.05) is 52.0 Å². The van der Waals surface area contributed by atoms with E-state index in [-0.39, 0.29) is 35.8 Å². The van der Waals surface area contributed by atoms with Crippen molar-refractivity contribution >= 4 is 35.8 Å². The summed E-state index contributed by atoms with van der Waals surface area (Å²) in [4.78, 5) is 18.5. The van der Waals surface area contributed by atoms with Crippen LogP contribution in [-0.2, 0) is 18.4 Å². The number of hydrogen-bond acceptors (Lipinski definition) is 2. The van der Waals surface area contributed by atoms with Gasteiger partial charge in [-0.2, -0.15) is 0 Å². The van der Waals surface area contributed by atoms with Crippen molar-refractivity contribution in [3.63, 3.8) is 0 Å². The van der Waals surface area contributed by atoms with Crippen molar-refractivity contribution in [3.05, 3.63) is 24.0 Å². The molecule has 1 saturated carbocycles. The highest BCUT2D eigenvalue weighted by Crippen LogP contribution is 2.23. The normalized spacial score (nSPS) is 15.4. The molecule has 0 spiro atoms. The van der Waals surface area contributed by atoms with E-state index in [0.29, 0.717) is 13.1 Å². The molecule has 1 aliphatic carbocycles. The fraction of sp³-hybridized carbons (Fsp3) is 0.667. The molecule has 1 fully saturated rings. The number of rotatable bonds is 6. The minimum atomic E-state index is 0. The summed E-state index contributed by atoms with van der Waals surface area (Å²) in [6.07, 6.45) is 7.77. The van der Waals surface area contributed by atoms with E-state index in [4.69, 9.17) is 0 Å². The number of amides is 1. The molecule has 6 nitrogen and oxygen atoms in total. The maximum Gasteiger partial charge on any atom is 0.223 e. The third kappa shape index (κ3) is 6.87. The van der Waals surface area contributed by atoms with Crippen LogP contribution in [0, 0.1) is 5.92 Å². The zero-order valence-corrected chi connectivity index (χ0v) is 18.0. The monoisotopic (exact) mass is 461 g/mol. The van der Waals surface area contributed by atoms with Crippen LogP contribution in [0.4, 0.5) is 0 Å². The smallest absolute Gasteiger partial charge is 0.223 e. The lowest BCUT2D eigenvalue weighted by Gasteiger charge is -2.23. The average Bonchev–Trinajstić information content (AvgIpc) is 3.00. The van der Waals surface area contributed by atoms with E-state index in [2.05, 4.69) is 31.2 Å². The van der Waals surface area contributed by atoms with Gasteiger partial charge in [0.1, 0.15) is 0 Å². The maximum atomic E-state index is 12.1. The van der Waals surface area contributed by atoms with Gasteiger partial charge >= 0.3 is 0 Å². The van der Waals surface area contributed by atoms with Gasteiger partial charge in [-0.05, 0) is 25.0 Å². The van der Waals surface area contributed by atoms with E-state index in [9.17, 15) is 4.79 Å². The van der Waals surface area contributed by atoms with Crippen molar-refractivity contribution in [1.82, 2.24) is 20.1 Å². The highest BCUT2D eigenvalue weighted by molar-refractivity contribution is 14.0. The quantitative estimate of drug-likeness (QED) is 0.296. The summed E-state index contributed by atoms with van der Waals surface area (Å²) in [5.74, 6) is 1.27. The molecule has 1 heterocycles. The number of carbonyl (C=O) groups is 1. The van der Waals surface area contributed by atoms with Crippen molar-refractivity contribution in [3.8, 4) is 0 Å². The topological polar surface area (TPSA) is 61.7 Å². The van der Waals surface area contributed by atoms with Crippen LogP contribution in [-0.4, -0.2) is 48.5 Å². The third-order valence-corrected chi connectivity index (χ3v) is 4.71. The SMILES string of the molecule is CN=C(NCCNC(=O)C1CCCCC1)N(C)Cc1cccn1C.I. The van der Waals surface area contributed by atoms with Crippen LogP contribution in [0.2, 0.25) is 0 Å². The van der Waals surface area contributed by atoms with Crippen molar-refractivity contribution in [2.24, 2.45) is 18.0 Å². The Morgan fingerprint density at radius 1 is 1.28 bits per heavy atom. The molecule has 1 aliphatic rings. The van der Waals surface area contributed by atoms with Crippen LogP contribution in [0.5, 0.6) is 0 Å². The number of carbonyl (C=O) groups excluding carboxylic acids is 1. The molecule has 0 radical (unpaired) electrons. The minimum Gasteiger partial charge on any atom is -0.354 e. The molecule has 1 aromatic heterocycles. The molecule has 0 saturated heterocycles. The Labute approximate surface area is 168 Å². The van der Waals surface area contributed by atoms with Crippen molar-refractivity contribution < 1.29 is 4.79 Å². The number of guanidine groups is 1. The second-order valence-electron chi connectivity index (χ2n) is 6.57. The second-order valence-corrected chi connectivity index (χ2v) is 6.57. The molecule has 142 valence electrons. The number of halogens is 1. The summed E-state index contributed by atoms with van der Waals surface area (Å²) in [6.45, 7) is 2.10. The van der Waals surface area contributed by atoms with Crippen molar-refractivity contribution in [2.45, 2.75) is 38.6 Å². The molecule has 7 heteroatoms. The number of aryl methyl sites for hydroxylation is 1. The fourth-order valence-electron chi connectivity index (χ4n) is 3.23. The number of aromatic nitrogens is 1. The van der Waals surface area contributed by atoms with Gasteiger partial charge in [0.15, 0.2) is 5.96 Å². The van der Waals surface area contributed by atoms with Crippen LogP contribution >= 0.6 is 24.0 Å². The molecule has 1 amide bonds. The number of hydrogen-bond donors (Lipinski definition) is 2. The Bertz CT molecular complexity index is 551. The maximum absolute atomic E-state index is 12.1. The predicted octanol–water partition coefficient (Wildman–Crippen LogP) is 2.35. The highest BCUT2D eigenvalue weighted by atomic mass is 127. The number of nitrogens with zero attached hydrogens (tertiary/aromatic N) is 3. The summed E-state index contributed by atoms with van der Waals surface area (Å²) >= 11 is 0. The van der Waals surface area contributed by atoms with Crippen molar-refractivity contribution in [1.29, 1.82) is 0 Å². The van der Waals surface area contributed by atoms with Gasteiger partial charge in [0.05, 0.1) is 6.54 Å². The largest absolute Gasteiger partial charge is 0.354 e. The molecule has 2 rings (SSSR count). The Balaban J connectivity index is 0.00000312. The van der Waals surface area contributed by atoms with Gasteiger partial charge in [0.2, 0.25) is 5.91 Å². The summed E-state index contributed by atoms with van der Waals surface area (Å²) in [5, 5.41) is 6.36. The fourth-order valence-corrected chi connectivity index (χ4v) is 3.23. The van der Waals surface area contributed by atoms with Crippen LogP contribution in [0.3, 0.4) is 0 Å². The second kappa shape index (κ2) is 11.4. The molecule has 0 unspecified atom stereocenters. The molecule has 25 heavy (non-hydrogen) atoms. The van der Waals surface area contributed by atoms with Gasteiger partial charge in [-0.3, -0.25) is 9.79 Å². The van der Waals surface area contributed by atoms with E-state index in [0.717, 1.165) is 25.3 Å². The molecule has 0 atom stereocenters. The van der Waals surface area contributed by atoms with Gasteiger partial charge < -0.3 is 20.1 Å². The van der Waals surface area contributed by atoms with Gasteiger partial charge in [0.25, 0.3) is 0 Å². The Morgan fingerprint density at radius 3 is 2.56 bits per heavy atom. The first-order valence-corrected chi connectivity index (χ1v) is 8.91. The standard InChI is InChI=1S/C18H31N5O.HI/c1-19-18(23(3)14-16-10-7-13-22(16)2)21-12-11-20-17(24)15-8-5-4-6-9-15;/h7,10,13,15H,4-6,8-9,11-12,14H2,1-3H3,(H,19,21)(H,20,24);1H. The Hall–Kier alpha value is -1.25. The molecule has 0 aromatic carbocycles. The lowest BCUT2D eigenvalue weighted by atomic mass is 9.89. The van der Waals surface area contributed by atoms with Crippen LogP contribution < -0.4 is 10.6 Å². The highest BCUT2D eigenvalue weighted by Gasteiger charge is 2.20. The van der Waals surface area contributed by atoms with Gasteiger partial charge in [-0.1, -0.05) is 19.3 Å².